The van der Waals surface area contributed by atoms with E-state index in [0.29, 0.717) is 19.8 Å². The Morgan fingerprint density at radius 2 is 2.15 bits per heavy atom. The highest BCUT2D eigenvalue weighted by Gasteiger charge is 2.00. The minimum atomic E-state index is 0.561. The molecule has 0 aromatic heterocycles. The van der Waals surface area contributed by atoms with Gasteiger partial charge < -0.3 is 15.8 Å². The summed E-state index contributed by atoms with van der Waals surface area (Å²) in [5.74, 6) is 0. The summed E-state index contributed by atoms with van der Waals surface area (Å²) in [6.07, 6.45) is 0. The van der Waals surface area contributed by atoms with Gasteiger partial charge in [-0.2, -0.15) is 0 Å². The van der Waals surface area contributed by atoms with Crippen molar-refractivity contribution >= 4 is 30.1 Å². The van der Waals surface area contributed by atoms with Crippen LogP contribution in [0.15, 0.2) is 6.07 Å². The van der Waals surface area contributed by atoms with E-state index in [0.717, 1.165) is 21.3 Å². The Morgan fingerprint density at radius 3 is 2.69 bits per heavy atom. The molecule has 1 aromatic rings. The second-order valence-electron chi connectivity index (χ2n) is 2.58. The van der Waals surface area contributed by atoms with Crippen LogP contribution in [0.5, 0.6) is 0 Å². The molecule has 1 aromatic carbocycles. The van der Waals surface area contributed by atoms with Crippen LogP contribution < -0.4 is 11.1 Å². The van der Waals surface area contributed by atoms with Crippen molar-refractivity contribution in [3.05, 3.63) is 15.1 Å². The largest absolute Gasteiger partial charge is 0.381 e. The summed E-state index contributed by atoms with van der Waals surface area (Å²) in [6.45, 7) is 2.55. The van der Waals surface area contributed by atoms with Gasteiger partial charge in [0.1, 0.15) is 0 Å². The molecule has 1 rings (SSSR count). The lowest BCUT2D eigenvalue weighted by Crippen LogP contribution is -2.15. The lowest BCUT2D eigenvalue weighted by Gasteiger charge is -2.08. The number of ether oxygens (including phenoxy) is 1. The summed E-state index contributed by atoms with van der Waals surface area (Å²) in [7, 11) is 0. The van der Waals surface area contributed by atoms with Crippen LogP contribution in [0.2, 0.25) is 0 Å². The van der Waals surface area contributed by atoms with Gasteiger partial charge in [-0.1, -0.05) is 24.4 Å². The second-order valence-corrected chi connectivity index (χ2v) is 3.43. The molecule has 0 radical (unpaired) electrons. The smallest absolute Gasteiger partial charge is 0.0790 e. The molecule has 13 heavy (non-hydrogen) atoms. The van der Waals surface area contributed by atoms with E-state index in [1.54, 1.807) is 0 Å². The van der Waals surface area contributed by atoms with Crippen molar-refractivity contribution < 1.29 is 4.74 Å². The average Bonchev–Trinajstić information content (AvgIpc) is 2.15. The van der Waals surface area contributed by atoms with Gasteiger partial charge in [-0.15, -0.1) is 0 Å². The summed E-state index contributed by atoms with van der Waals surface area (Å²) >= 11 is 9.89. The minimum Gasteiger partial charge on any atom is -0.381 e. The Kier molecular flexibility index (Phi) is 4.44. The van der Waals surface area contributed by atoms with E-state index in [1.807, 2.05) is 6.07 Å². The van der Waals surface area contributed by atoms with Gasteiger partial charge in [0.2, 0.25) is 0 Å². The molecular weight excluding hydrogens is 204 g/mol. The fraction of sp³-hybridized carbons (Fsp3) is 0.500. The molecule has 3 N–H and O–H groups in total. The highest BCUT2D eigenvalue weighted by Crippen LogP contribution is 2.16. The monoisotopic (exact) mass is 216 g/mol. The van der Waals surface area contributed by atoms with E-state index in [9.17, 15) is 0 Å². The van der Waals surface area contributed by atoms with Crippen LogP contribution in [-0.4, -0.2) is 26.3 Å². The van der Waals surface area contributed by atoms with Crippen molar-refractivity contribution in [2.45, 2.75) is 0 Å². The van der Waals surface area contributed by atoms with Crippen molar-refractivity contribution in [2.75, 3.05) is 31.6 Å². The standard InChI is InChI=1S/C8H12N2OS2/c9-1-3-11-4-2-10-6-5-7(12)8(6)13/h5,10H,1-4,9H2. The Morgan fingerprint density at radius 1 is 1.38 bits per heavy atom. The Hall–Kier alpha value is -0.360. The third-order valence-electron chi connectivity index (χ3n) is 1.57. The van der Waals surface area contributed by atoms with Gasteiger partial charge in [0.05, 0.1) is 27.9 Å². The molecule has 0 spiro atoms. The van der Waals surface area contributed by atoms with E-state index >= 15 is 0 Å². The molecule has 3 nitrogen and oxygen atoms in total. The van der Waals surface area contributed by atoms with Gasteiger partial charge >= 0.3 is 0 Å². The Labute approximate surface area is 87.6 Å². The van der Waals surface area contributed by atoms with E-state index in [-0.39, 0.29) is 0 Å². The van der Waals surface area contributed by atoms with Gasteiger partial charge in [-0.05, 0) is 6.07 Å². The first-order valence-electron chi connectivity index (χ1n) is 4.07. The van der Waals surface area contributed by atoms with Crippen molar-refractivity contribution in [2.24, 2.45) is 5.73 Å². The zero-order chi connectivity index (χ0) is 9.68. The van der Waals surface area contributed by atoms with Crippen LogP contribution in [0.1, 0.15) is 0 Å². The predicted molar refractivity (Wildman–Crippen MR) is 58.8 cm³/mol. The lowest BCUT2D eigenvalue weighted by atomic mass is 10.3. The Balaban J connectivity index is 2.12. The zero-order valence-electron chi connectivity index (χ0n) is 7.21. The third kappa shape index (κ3) is 3.11. The molecule has 0 heterocycles. The van der Waals surface area contributed by atoms with Crippen LogP contribution in [0.4, 0.5) is 5.69 Å². The molecule has 5 heteroatoms. The Bertz CT molecular complexity index is 330. The van der Waals surface area contributed by atoms with Crippen molar-refractivity contribution in [3.8, 4) is 0 Å². The van der Waals surface area contributed by atoms with Crippen molar-refractivity contribution in [1.82, 2.24) is 0 Å². The fourth-order valence-electron chi connectivity index (χ4n) is 0.892. The second kappa shape index (κ2) is 5.39. The van der Waals surface area contributed by atoms with Gasteiger partial charge in [0.25, 0.3) is 0 Å². The molecule has 0 bridgehead atoms. The first-order chi connectivity index (χ1) is 6.25. The predicted octanol–water partition coefficient (Wildman–Crippen LogP) is 1.41. The molecule has 0 fully saturated rings. The van der Waals surface area contributed by atoms with E-state index < -0.39 is 0 Å². The molecule has 0 saturated carbocycles. The number of hydrogen-bond donors (Lipinski definition) is 2. The van der Waals surface area contributed by atoms with E-state index in [2.05, 4.69) is 5.32 Å². The van der Waals surface area contributed by atoms with Crippen LogP contribution in [0, 0.1) is 9.02 Å². The lowest BCUT2D eigenvalue weighted by molar-refractivity contribution is 0.151. The van der Waals surface area contributed by atoms with Crippen LogP contribution in [0.3, 0.4) is 0 Å². The quantitative estimate of drug-likeness (QED) is 0.556. The molecule has 0 amide bonds. The molecule has 0 aliphatic rings. The maximum atomic E-state index is 5.25. The highest BCUT2D eigenvalue weighted by molar-refractivity contribution is 7.74. The molecule has 0 atom stereocenters. The van der Waals surface area contributed by atoms with Crippen LogP contribution >= 0.6 is 24.4 Å². The summed E-state index contributed by atoms with van der Waals surface area (Å²) in [5, 5.41) is 3.12. The summed E-state index contributed by atoms with van der Waals surface area (Å²) in [6, 6.07) is 1.86. The van der Waals surface area contributed by atoms with Gasteiger partial charge in [0, 0.05) is 13.1 Å². The van der Waals surface area contributed by atoms with Crippen molar-refractivity contribution in [3.63, 3.8) is 0 Å². The third-order valence-corrected chi connectivity index (χ3v) is 2.46. The topological polar surface area (TPSA) is 47.3 Å². The molecular formula is C8H12N2OS2. The van der Waals surface area contributed by atoms with E-state index in [1.165, 1.54) is 0 Å². The van der Waals surface area contributed by atoms with Crippen LogP contribution in [-0.2, 0) is 4.74 Å². The molecule has 0 saturated heterocycles. The minimum absolute atomic E-state index is 0.561. The fourth-order valence-corrected chi connectivity index (χ4v) is 1.31. The number of nitrogens with two attached hydrogens (primary N) is 1. The summed E-state index contributed by atoms with van der Waals surface area (Å²) in [5.41, 5.74) is 6.21. The SMILES string of the molecule is NCCOCCNc1cc(=S)c1=S. The zero-order valence-corrected chi connectivity index (χ0v) is 8.84. The molecule has 0 unspecified atom stereocenters. The maximum absolute atomic E-state index is 5.25. The molecule has 0 aliphatic heterocycles. The highest BCUT2D eigenvalue weighted by atomic mass is 32.1. The first kappa shape index (κ1) is 10.7. The number of nitrogens with one attached hydrogen (secondary N) is 1. The van der Waals surface area contributed by atoms with Crippen LogP contribution in [0.25, 0.3) is 0 Å². The normalized spacial score (nSPS) is 10.5. The first-order valence-corrected chi connectivity index (χ1v) is 4.89. The van der Waals surface area contributed by atoms with Gasteiger partial charge in [0.15, 0.2) is 0 Å². The van der Waals surface area contributed by atoms with E-state index in [4.69, 9.17) is 34.9 Å². The molecule has 72 valence electrons. The van der Waals surface area contributed by atoms with Gasteiger partial charge in [-0.3, -0.25) is 0 Å². The number of anilines is 1. The maximum Gasteiger partial charge on any atom is 0.0790 e. The summed E-state index contributed by atoms with van der Waals surface area (Å²) < 4.78 is 6.70. The van der Waals surface area contributed by atoms with Gasteiger partial charge in [-0.25, -0.2) is 0 Å². The average molecular weight is 216 g/mol. The molecule has 0 aliphatic carbocycles. The summed E-state index contributed by atoms with van der Waals surface area (Å²) in [4.78, 5) is 0. The number of rotatable bonds is 6. The number of hydrogen-bond acceptors (Lipinski definition) is 5. The van der Waals surface area contributed by atoms with Crippen molar-refractivity contribution in [1.29, 1.82) is 0 Å².